The van der Waals surface area contributed by atoms with Gasteiger partial charge in [0.25, 0.3) is 0 Å². The Labute approximate surface area is 275 Å². The van der Waals surface area contributed by atoms with Gasteiger partial charge in [-0.1, -0.05) is 127 Å². The minimum atomic E-state index is -0.0572. The maximum Gasteiger partial charge on any atom is 0.123 e. The fourth-order valence-corrected chi connectivity index (χ4v) is 7.58. The summed E-state index contributed by atoms with van der Waals surface area (Å²) in [6, 6.07) is 53.0. The summed E-state index contributed by atoms with van der Waals surface area (Å²) >= 11 is 0. The van der Waals surface area contributed by atoms with Crippen LogP contribution in [-0.4, -0.2) is 11.2 Å². The van der Waals surface area contributed by atoms with Crippen LogP contribution in [0.4, 0.5) is 0 Å². The van der Waals surface area contributed by atoms with Crippen LogP contribution in [0, 0.1) is 0 Å². The maximum atomic E-state index is 6.07. The highest BCUT2D eigenvalue weighted by molar-refractivity contribution is 6.10. The maximum absolute atomic E-state index is 6.07. The third kappa shape index (κ3) is 4.89. The second-order valence-electron chi connectivity index (χ2n) is 13.0. The molecule has 0 saturated heterocycles. The molecule has 0 fully saturated rings. The molecule has 1 unspecified atom stereocenters. The number of benzene rings is 6. The van der Waals surface area contributed by atoms with Crippen LogP contribution in [-0.2, 0) is 18.3 Å². The van der Waals surface area contributed by atoms with Gasteiger partial charge in [0, 0.05) is 22.0 Å². The van der Waals surface area contributed by atoms with Gasteiger partial charge in [-0.05, 0) is 89.1 Å². The predicted molar refractivity (Wildman–Crippen MR) is 195 cm³/mol. The number of allylic oxidation sites excluding steroid dienone is 3. The molecule has 0 amide bonds. The van der Waals surface area contributed by atoms with Gasteiger partial charge in [0.05, 0.1) is 16.4 Å². The fraction of sp³-hybridized carbons (Fsp3) is 0.111. The monoisotopic (exact) mass is 605 g/mol. The number of aryl methyl sites for hydroxylation is 2. The molecular formula is C45H35NO. The van der Waals surface area contributed by atoms with Gasteiger partial charge >= 0.3 is 0 Å². The van der Waals surface area contributed by atoms with Crippen molar-refractivity contribution in [2.45, 2.75) is 24.7 Å². The number of rotatable bonds is 6. The third-order valence-corrected chi connectivity index (χ3v) is 10.1. The van der Waals surface area contributed by atoms with Crippen molar-refractivity contribution in [2.24, 2.45) is 0 Å². The minimum Gasteiger partial charge on any atom is -0.492 e. The van der Waals surface area contributed by atoms with Crippen LogP contribution in [0.25, 0.3) is 44.2 Å². The van der Waals surface area contributed by atoms with E-state index in [1.807, 2.05) is 0 Å². The van der Waals surface area contributed by atoms with Crippen LogP contribution in [0.5, 0.6) is 5.75 Å². The van der Waals surface area contributed by atoms with Crippen LogP contribution in [0.1, 0.15) is 28.7 Å². The Balaban J connectivity index is 0.915. The summed E-state index contributed by atoms with van der Waals surface area (Å²) in [6.45, 7) is 0.713. The lowest BCUT2D eigenvalue weighted by Gasteiger charge is -2.27. The van der Waals surface area contributed by atoms with Crippen molar-refractivity contribution in [1.82, 2.24) is 4.57 Å². The van der Waals surface area contributed by atoms with Crippen molar-refractivity contribution in [3.8, 4) is 22.6 Å². The van der Waals surface area contributed by atoms with E-state index in [1.54, 1.807) is 0 Å². The normalized spacial score (nSPS) is 16.8. The van der Waals surface area contributed by atoms with Gasteiger partial charge in [0.2, 0.25) is 0 Å². The van der Waals surface area contributed by atoms with Crippen molar-refractivity contribution in [2.75, 3.05) is 6.61 Å². The highest BCUT2D eigenvalue weighted by Crippen LogP contribution is 2.46. The Kier molecular flexibility index (Phi) is 6.67. The molecule has 0 saturated carbocycles. The van der Waals surface area contributed by atoms with E-state index in [1.165, 1.54) is 66.4 Å². The smallest absolute Gasteiger partial charge is 0.123 e. The van der Waals surface area contributed by atoms with Crippen molar-refractivity contribution >= 4 is 27.4 Å². The van der Waals surface area contributed by atoms with E-state index >= 15 is 0 Å². The second kappa shape index (κ2) is 11.3. The quantitative estimate of drug-likeness (QED) is 0.184. The lowest BCUT2D eigenvalue weighted by atomic mass is 9.74. The highest BCUT2D eigenvalue weighted by Gasteiger charge is 2.39. The van der Waals surface area contributed by atoms with Gasteiger partial charge in [-0.2, -0.15) is 0 Å². The molecule has 2 nitrogen and oxygen atoms in total. The van der Waals surface area contributed by atoms with E-state index in [0.717, 1.165) is 25.0 Å². The SMILES string of the molecule is C1=CC(c2ccc(CCc3ccc(-c4ccc5c(c4)c4ccccc4n5-c4ccccc4)cc3)cc2)=CC2(C1)COc1ccccc12. The zero-order valence-electron chi connectivity index (χ0n) is 26.3. The molecule has 7 aromatic rings. The first-order chi connectivity index (χ1) is 23.2. The second-order valence-corrected chi connectivity index (χ2v) is 13.0. The molecule has 1 spiro atoms. The van der Waals surface area contributed by atoms with Gasteiger partial charge in [-0.3, -0.25) is 0 Å². The molecular weight excluding hydrogens is 571 g/mol. The molecule has 2 aliphatic rings. The van der Waals surface area contributed by atoms with E-state index in [-0.39, 0.29) is 5.41 Å². The molecule has 6 aromatic carbocycles. The molecule has 1 aromatic heterocycles. The summed E-state index contributed by atoms with van der Waals surface area (Å²) in [5.41, 5.74) is 12.7. The van der Waals surface area contributed by atoms with Gasteiger partial charge in [-0.25, -0.2) is 0 Å². The zero-order chi connectivity index (χ0) is 31.2. The van der Waals surface area contributed by atoms with Crippen LogP contribution in [0.3, 0.4) is 0 Å². The molecule has 226 valence electrons. The lowest BCUT2D eigenvalue weighted by Crippen LogP contribution is -2.26. The van der Waals surface area contributed by atoms with Crippen molar-refractivity contribution in [3.63, 3.8) is 0 Å². The van der Waals surface area contributed by atoms with Crippen molar-refractivity contribution in [3.05, 3.63) is 186 Å². The van der Waals surface area contributed by atoms with Gasteiger partial charge in [0.1, 0.15) is 12.4 Å². The van der Waals surface area contributed by atoms with Gasteiger partial charge in [0.15, 0.2) is 0 Å². The summed E-state index contributed by atoms with van der Waals surface area (Å²) in [7, 11) is 0. The molecule has 0 N–H and O–H groups in total. The average molecular weight is 606 g/mol. The number of hydrogen-bond acceptors (Lipinski definition) is 1. The van der Waals surface area contributed by atoms with Gasteiger partial charge in [-0.15, -0.1) is 0 Å². The molecule has 1 aliphatic carbocycles. The summed E-state index contributed by atoms with van der Waals surface area (Å²) in [5, 5.41) is 2.56. The first kappa shape index (κ1) is 27.7. The number of fused-ring (bicyclic) bond motifs is 5. The predicted octanol–water partition coefficient (Wildman–Crippen LogP) is 10.9. The van der Waals surface area contributed by atoms with E-state index < -0.39 is 0 Å². The lowest BCUT2D eigenvalue weighted by molar-refractivity contribution is 0.297. The zero-order valence-corrected chi connectivity index (χ0v) is 26.3. The van der Waals surface area contributed by atoms with E-state index in [2.05, 4.69) is 168 Å². The van der Waals surface area contributed by atoms with Crippen LogP contribution in [0.2, 0.25) is 0 Å². The van der Waals surface area contributed by atoms with Gasteiger partial charge < -0.3 is 9.30 Å². The Morgan fingerprint density at radius 2 is 1.23 bits per heavy atom. The van der Waals surface area contributed by atoms with Crippen LogP contribution >= 0.6 is 0 Å². The van der Waals surface area contributed by atoms with Crippen molar-refractivity contribution < 1.29 is 4.74 Å². The Bertz CT molecular complexity index is 2310. The molecule has 2 heterocycles. The number of ether oxygens (including phenoxy) is 1. The van der Waals surface area contributed by atoms with Crippen LogP contribution in [0.15, 0.2) is 164 Å². The van der Waals surface area contributed by atoms with E-state index in [9.17, 15) is 0 Å². The highest BCUT2D eigenvalue weighted by atomic mass is 16.5. The summed E-state index contributed by atoms with van der Waals surface area (Å²) < 4.78 is 8.44. The molecule has 9 rings (SSSR count). The number of aromatic nitrogens is 1. The Hall–Kier alpha value is -5.60. The summed E-state index contributed by atoms with van der Waals surface area (Å²) in [6.07, 6.45) is 10.0. The topological polar surface area (TPSA) is 14.2 Å². The van der Waals surface area contributed by atoms with Crippen molar-refractivity contribution in [1.29, 1.82) is 0 Å². The van der Waals surface area contributed by atoms with Crippen LogP contribution < -0.4 is 4.74 Å². The van der Waals surface area contributed by atoms with E-state index in [4.69, 9.17) is 4.74 Å². The largest absolute Gasteiger partial charge is 0.492 e. The molecule has 0 radical (unpaired) electrons. The Morgan fingerprint density at radius 1 is 0.574 bits per heavy atom. The fourth-order valence-electron chi connectivity index (χ4n) is 7.58. The average Bonchev–Trinajstić information content (AvgIpc) is 3.66. The molecule has 1 atom stereocenters. The Morgan fingerprint density at radius 3 is 2.04 bits per heavy atom. The number of hydrogen-bond donors (Lipinski definition) is 0. The number of para-hydroxylation sites is 3. The van der Waals surface area contributed by atoms with E-state index in [0.29, 0.717) is 6.61 Å². The number of nitrogens with zero attached hydrogens (tertiary/aromatic N) is 1. The first-order valence-electron chi connectivity index (χ1n) is 16.6. The third-order valence-electron chi connectivity index (χ3n) is 10.1. The molecule has 1 aliphatic heterocycles. The first-order valence-corrected chi connectivity index (χ1v) is 16.6. The molecule has 0 bridgehead atoms. The molecule has 2 heteroatoms. The summed E-state index contributed by atoms with van der Waals surface area (Å²) in [5.74, 6) is 1.02. The summed E-state index contributed by atoms with van der Waals surface area (Å²) in [4.78, 5) is 0. The minimum absolute atomic E-state index is 0.0572. The molecule has 47 heavy (non-hydrogen) atoms. The standard InChI is InChI=1S/C45H35NO/c1-2-10-38(11-3-1)46-42-14-6-4-12-39(42)40-29-36(26-27-43(40)46)34-22-18-32(19-23-34)16-17-33-20-24-35(25-21-33)37-9-8-28-45(30-37)31-47-44-15-7-5-13-41(44)45/h1-15,18-27,29-30H,16-17,28,31H2.